The molecular formula is C18H20N2O3. The molecule has 1 fully saturated rings. The van der Waals surface area contributed by atoms with Crippen molar-refractivity contribution in [2.75, 3.05) is 13.7 Å². The molecule has 1 saturated heterocycles. The Morgan fingerprint density at radius 3 is 2.87 bits per heavy atom. The highest BCUT2D eigenvalue weighted by molar-refractivity contribution is 5.94. The van der Waals surface area contributed by atoms with E-state index in [4.69, 9.17) is 4.74 Å². The number of carbonyl (C=O) groups is 1. The van der Waals surface area contributed by atoms with E-state index in [1.807, 2.05) is 37.3 Å². The zero-order chi connectivity index (χ0) is 16.4. The van der Waals surface area contributed by atoms with Gasteiger partial charge in [0.25, 0.3) is 5.91 Å². The Bertz CT molecular complexity index is 700. The molecule has 3 rings (SSSR count). The normalized spacial score (nSPS) is 20.6. The number of likely N-dealkylation sites (tertiary alicyclic amines) is 1. The number of aromatic nitrogens is 1. The van der Waals surface area contributed by atoms with Crippen molar-refractivity contribution in [1.82, 2.24) is 9.88 Å². The van der Waals surface area contributed by atoms with Crippen LogP contribution in [0.3, 0.4) is 0 Å². The summed E-state index contributed by atoms with van der Waals surface area (Å²) in [4.78, 5) is 18.7. The Balaban J connectivity index is 1.89. The number of amides is 1. The molecule has 0 spiro atoms. The number of hydrogen-bond donors (Lipinski definition) is 1. The molecule has 1 aromatic heterocycles. The molecule has 2 aromatic rings. The molecule has 5 nitrogen and oxygen atoms in total. The molecule has 1 aliphatic rings. The fraction of sp³-hybridized carbons (Fsp3) is 0.333. The average molecular weight is 312 g/mol. The van der Waals surface area contributed by atoms with E-state index in [9.17, 15) is 9.90 Å². The van der Waals surface area contributed by atoms with E-state index < -0.39 is 6.10 Å². The highest BCUT2D eigenvalue weighted by Crippen LogP contribution is 2.34. The number of carbonyl (C=O) groups excluding carboxylic acids is 1. The summed E-state index contributed by atoms with van der Waals surface area (Å²) < 4.78 is 5.26. The van der Waals surface area contributed by atoms with Crippen molar-refractivity contribution in [2.45, 2.75) is 25.5 Å². The first kappa shape index (κ1) is 15.5. The van der Waals surface area contributed by atoms with Crippen LogP contribution in [0.15, 0.2) is 42.6 Å². The Labute approximate surface area is 135 Å². The average Bonchev–Trinajstić information content (AvgIpc) is 2.97. The van der Waals surface area contributed by atoms with Crippen molar-refractivity contribution in [3.05, 3.63) is 59.4 Å². The minimum Gasteiger partial charge on any atom is -0.497 e. The first-order valence-electron chi connectivity index (χ1n) is 7.64. The number of aliphatic hydroxyl groups is 1. The Morgan fingerprint density at radius 2 is 2.17 bits per heavy atom. The summed E-state index contributed by atoms with van der Waals surface area (Å²) in [5.74, 6) is 0.634. The van der Waals surface area contributed by atoms with Gasteiger partial charge < -0.3 is 14.7 Å². The Kier molecular flexibility index (Phi) is 4.30. The third-order valence-corrected chi connectivity index (χ3v) is 4.18. The lowest BCUT2D eigenvalue weighted by Gasteiger charge is -2.25. The number of nitrogens with zero attached hydrogens (tertiary/aromatic N) is 2. The van der Waals surface area contributed by atoms with E-state index in [0.717, 1.165) is 17.0 Å². The molecule has 0 saturated carbocycles. The number of aryl methyl sites for hydroxylation is 1. The summed E-state index contributed by atoms with van der Waals surface area (Å²) in [5, 5.41) is 10.1. The highest BCUT2D eigenvalue weighted by Gasteiger charge is 2.35. The number of hydrogen-bond acceptors (Lipinski definition) is 4. The summed E-state index contributed by atoms with van der Waals surface area (Å²) in [6.45, 7) is 2.21. The van der Waals surface area contributed by atoms with Gasteiger partial charge in [-0.2, -0.15) is 0 Å². The molecule has 1 aliphatic heterocycles. The second kappa shape index (κ2) is 6.38. The van der Waals surface area contributed by atoms with Gasteiger partial charge in [-0.15, -0.1) is 0 Å². The first-order valence-corrected chi connectivity index (χ1v) is 7.64. The monoisotopic (exact) mass is 312 g/mol. The van der Waals surface area contributed by atoms with Gasteiger partial charge in [-0.3, -0.25) is 9.78 Å². The third-order valence-electron chi connectivity index (χ3n) is 4.18. The summed E-state index contributed by atoms with van der Waals surface area (Å²) in [7, 11) is 1.61. The number of ether oxygens (including phenoxy) is 1. The molecule has 1 amide bonds. The number of aliphatic hydroxyl groups excluding tert-OH is 1. The topological polar surface area (TPSA) is 62.7 Å². The molecule has 0 unspecified atom stereocenters. The van der Waals surface area contributed by atoms with Gasteiger partial charge in [0, 0.05) is 18.4 Å². The lowest BCUT2D eigenvalue weighted by Crippen LogP contribution is -2.31. The van der Waals surface area contributed by atoms with Gasteiger partial charge in [0.1, 0.15) is 5.75 Å². The Morgan fingerprint density at radius 1 is 1.35 bits per heavy atom. The quantitative estimate of drug-likeness (QED) is 0.945. The van der Waals surface area contributed by atoms with Gasteiger partial charge in [0.15, 0.2) is 0 Å². The number of pyridine rings is 1. The Hall–Kier alpha value is -2.40. The van der Waals surface area contributed by atoms with Crippen molar-refractivity contribution < 1.29 is 14.6 Å². The molecule has 23 heavy (non-hydrogen) atoms. The number of benzene rings is 1. The predicted molar refractivity (Wildman–Crippen MR) is 86.4 cm³/mol. The number of methoxy groups -OCH3 is 1. The lowest BCUT2D eigenvalue weighted by atomic mass is 10.0. The van der Waals surface area contributed by atoms with E-state index >= 15 is 0 Å². The maximum Gasteiger partial charge on any atom is 0.256 e. The predicted octanol–water partition coefficient (Wildman–Crippen LogP) is 2.35. The van der Waals surface area contributed by atoms with Gasteiger partial charge in [-0.05, 0) is 43.2 Å². The van der Waals surface area contributed by atoms with Crippen molar-refractivity contribution in [3.63, 3.8) is 0 Å². The van der Waals surface area contributed by atoms with Crippen LogP contribution in [-0.4, -0.2) is 40.7 Å². The second-order valence-electron chi connectivity index (χ2n) is 5.83. The summed E-state index contributed by atoms with van der Waals surface area (Å²) in [6, 6.07) is 11.1. The summed E-state index contributed by atoms with van der Waals surface area (Å²) in [5.41, 5.74) is 2.37. The van der Waals surface area contributed by atoms with Gasteiger partial charge in [-0.1, -0.05) is 12.1 Å². The third kappa shape index (κ3) is 3.19. The zero-order valence-electron chi connectivity index (χ0n) is 13.3. The van der Waals surface area contributed by atoms with E-state index in [1.165, 1.54) is 0 Å². The van der Waals surface area contributed by atoms with Crippen LogP contribution in [0.2, 0.25) is 0 Å². The molecular weight excluding hydrogens is 292 g/mol. The van der Waals surface area contributed by atoms with Crippen LogP contribution in [-0.2, 0) is 0 Å². The molecule has 120 valence electrons. The maximum atomic E-state index is 12.8. The van der Waals surface area contributed by atoms with Crippen LogP contribution in [0.5, 0.6) is 5.75 Å². The van der Waals surface area contributed by atoms with E-state index in [2.05, 4.69) is 4.98 Å². The van der Waals surface area contributed by atoms with Gasteiger partial charge in [0.2, 0.25) is 0 Å². The first-order chi connectivity index (χ1) is 11.1. The van der Waals surface area contributed by atoms with Crippen LogP contribution >= 0.6 is 0 Å². The molecule has 1 aromatic carbocycles. The molecule has 2 heterocycles. The largest absolute Gasteiger partial charge is 0.497 e. The van der Waals surface area contributed by atoms with Gasteiger partial charge in [-0.25, -0.2) is 0 Å². The number of β-amino-alcohol motifs (C(OH)–C–C–N with tert-alkyl or cyclic N) is 1. The van der Waals surface area contributed by atoms with Gasteiger partial charge >= 0.3 is 0 Å². The second-order valence-corrected chi connectivity index (χ2v) is 5.83. The molecule has 0 aliphatic carbocycles. The van der Waals surface area contributed by atoms with Crippen LogP contribution in [0.4, 0.5) is 0 Å². The van der Waals surface area contributed by atoms with Crippen LogP contribution in [0, 0.1) is 6.92 Å². The van der Waals surface area contributed by atoms with Crippen LogP contribution in [0.25, 0.3) is 0 Å². The molecule has 1 N–H and O–H groups in total. The smallest absolute Gasteiger partial charge is 0.256 e. The van der Waals surface area contributed by atoms with Crippen molar-refractivity contribution >= 4 is 5.91 Å². The van der Waals surface area contributed by atoms with Crippen LogP contribution in [0.1, 0.15) is 34.1 Å². The van der Waals surface area contributed by atoms with E-state index in [-0.39, 0.29) is 11.9 Å². The van der Waals surface area contributed by atoms with Gasteiger partial charge in [0.05, 0.1) is 24.8 Å². The molecule has 0 bridgehead atoms. The highest BCUT2D eigenvalue weighted by atomic mass is 16.5. The zero-order valence-corrected chi connectivity index (χ0v) is 13.3. The van der Waals surface area contributed by atoms with E-state index in [0.29, 0.717) is 18.5 Å². The molecule has 2 atom stereocenters. The fourth-order valence-electron chi connectivity index (χ4n) is 2.96. The lowest BCUT2D eigenvalue weighted by molar-refractivity contribution is 0.0715. The fourth-order valence-corrected chi connectivity index (χ4v) is 2.96. The van der Waals surface area contributed by atoms with Crippen molar-refractivity contribution in [2.24, 2.45) is 0 Å². The molecule has 5 heteroatoms. The molecule has 0 radical (unpaired) electrons. The van der Waals surface area contributed by atoms with E-state index in [1.54, 1.807) is 24.3 Å². The standard InChI is InChI=1S/C18H20N2O3/c1-12-6-7-14(10-19-12)18(22)20-11-15(21)9-17(20)13-4-3-5-16(8-13)23-2/h3-8,10,15,17,21H,9,11H2,1-2H3/t15-,17-/m0/s1. The minimum absolute atomic E-state index is 0.109. The van der Waals surface area contributed by atoms with Crippen molar-refractivity contribution in [1.29, 1.82) is 0 Å². The summed E-state index contributed by atoms with van der Waals surface area (Å²) in [6.07, 6.45) is 1.59. The minimum atomic E-state index is -0.520. The number of rotatable bonds is 3. The SMILES string of the molecule is COc1cccc([C@@H]2C[C@H](O)CN2C(=O)c2ccc(C)nc2)c1. The van der Waals surface area contributed by atoms with Crippen LogP contribution < -0.4 is 4.74 Å². The summed E-state index contributed by atoms with van der Waals surface area (Å²) >= 11 is 0. The maximum absolute atomic E-state index is 12.8. The van der Waals surface area contributed by atoms with Crippen molar-refractivity contribution in [3.8, 4) is 5.75 Å².